The van der Waals surface area contributed by atoms with E-state index in [0.717, 1.165) is 41.5 Å². The van der Waals surface area contributed by atoms with Crippen LogP contribution in [0.4, 0.5) is 11.4 Å². The Hall–Kier alpha value is -3.79. The van der Waals surface area contributed by atoms with Crippen LogP contribution in [0.2, 0.25) is 0 Å². The Balaban J connectivity index is 1.35. The van der Waals surface area contributed by atoms with Crippen LogP contribution in [0.25, 0.3) is 10.9 Å². The minimum absolute atomic E-state index is 0.0267. The molecule has 10 heteroatoms. The summed E-state index contributed by atoms with van der Waals surface area (Å²) in [5, 5.41) is 17.0. The number of hydrogen-bond donors (Lipinski definition) is 3. The van der Waals surface area contributed by atoms with Crippen LogP contribution in [0.15, 0.2) is 43.1 Å². The van der Waals surface area contributed by atoms with Crippen molar-refractivity contribution in [2.24, 2.45) is 0 Å². The maximum Gasteiger partial charge on any atom is 0.243 e. The van der Waals surface area contributed by atoms with Crippen molar-refractivity contribution < 1.29 is 19.5 Å². The maximum absolute atomic E-state index is 13.3. The molecule has 36 heavy (non-hydrogen) atoms. The minimum atomic E-state index is -0.539. The first-order chi connectivity index (χ1) is 17.4. The first-order valence-electron chi connectivity index (χ1n) is 12.3. The fourth-order valence-corrected chi connectivity index (χ4v) is 5.28. The van der Waals surface area contributed by atoms with Gasteiger partial charge in [0.1, 0.15) is 18.9 Å². The monoisotopic (exact) mass is 490 g/mol. The number of carbonyl (C=O) groups is 3. The van der Waals surface area contributed by atoms with Crippen LogP contribution in [0.3, 0.4) is 0 Å². The van der Waals surface area contributed by atoms with E-state index in [2.05, 4.69) is 20.6 Å². The third-order valence-electron chi connectivity index (χ3n) is 7.10. The second-order valence-corrected chi connectivity index (χ2v) is 9.57. The number of benzene rings is 1. The summed E-state index contributed by atoms with van der Waals surface area (Å²) in [5.41, 5.74) is 2.78. The summed E-state index contributed by atoms with van der Waals surface area (Å²) >= 11 is 0. The molecule has 3 atom stereocenters. The number of likely N-dealkylation sites (tertiary alicyclic amines) is 1. The van der Waals surface area contributed by atoms with E-state index in [1.54, 1.807) is 28.1 Å². The molecule has 2 aliphatic rings. The van der Waals surface area contributed by atoms with Gasteiger partial charge in [0, 0.05) is 34.9 Å². The van der Waals surface area contributed by atoms with Gasteiger partial charge in [0.05, 0.1) is 30.2 Å². The zero-order valence-electron chi connectivity index (χ0n) is 20.2. The number of aliphatic hydroxyl groups is 1. The Kier molecular flexibility index (Phi) is 6.69. The highest BCUT2D eigenvalue weighted by Gasteiger charge is 2.36. The van der Waals surface area contributed by atoms with Gasteiger partial charge in [0.15, 0.2) is 5.78 Å². The molecule has 1 saturated heterocycles. The van der Waals surface area contributed by atoms with Crippen molar-refractivity contribution in [1.29, 1.82) is 0 Å². The van der Waals surface area contributed by atoms with E-state index in [1.165, 1.54) is 13.3 Å². The van der Waals surface area contributed by atoms with Crippen molar-refractivity contribution in [3.05, 3.63) is 48.7 Å². The number of ketones is 1. The summed E-state index contributed by atoms with van der Waals surface area (Å²) < 4.78 is 1.78. The highest BCUT2D eigenvalue weighted by atomic mass is 16.3. The van der Waals surface area contributed by atoms with Crippen molar-refractivity contribution in [2.75, 3.05) is 11.9 Å². The van der Waals surface area contributed by atoms with Gasteiger partial charge in [-0.3, -0.25) is 14.4 Å². The molecular weight excluding hydrogens is 460 g/mol. The van der Waals surface area contributed by atoms with E-state index < -0.39 is 12.1 Å². The summed E-state index contributed by atoms with van der Waals surface area (Å²) in [5.74, 6) is -0.468. The van der Waals surface area contributed by atoms with Crippen LogP contribution in [-0.4, -0.2) is 66.9 Å². The molecule has 1 aliphatic heterocycles. The average Bonchev–Trinajstić information content (AvgIpc) is 3.59. The molecule has 1 saturated carbocycles. The quantitative estimate of drug-likeness (QED) is 0.434. The lowest BCUT2D eigenvalue weighted by Gasteiger charge is -2.26. The number of carbonyl (C=O) groups excluding carboxylic acids is 3. The number of nitrogens with one attached hydrogen (secondary N) is 2. The fraction of sp³-hybridized carbons (Fsp3) is 0.423. The van der Waals surface area contributed by atoms with Gasteiger partial charge >= 0.3 is 0 Å². The van der Waals surface area contributed by atoms with Crippen molar-refractivity contribution in [1.82, 2.24) is 24.8 Å². The van der Waals surface area contributed by atoms with Crippen LogP contribution >= 0.6 is 0 Å². The van der Waals surface area contributed by atoms with Crippen LogP contribution in [0.1, 0.15) is 49.4 Å². The fourth-order valence-electron chi connectivity index (χ4n) is 5.28. The number of aliphatic hydroxyl groups excluding tert-OH is 1. The molecule has 1 aromatic carbocycles. The van der Waals surface area contributed by atoms with Crippen LogP contribution in [-0.2, 0) is 16.1 Å². The average molecular weight is 491 g/mol. The number of Topliss-reactive ketones (excluding diaryl/α,β-unsaturated/α-hetero) is 1. The van der Waals surface area contributed by atoms with Gasteiger partial charge in [-0.05, 0) is 57.2 Å². The summed E-state index contributed by atoms with van der Waals surface area (Å²) in [7, 11) is 0. The lowest BCUT2D eigenvalue weighted by Crippen LogP contribution is -2.51. The molecule has 10 nitrogen and oxygen atoms in total. The standard InChI is InChI=1S/C26H30N6O4/c1-16(33)20-13-31(22-8-7-17(10-19(20)22)29-18-11-27-15-28-12-18)14-25(35)32-9-3-5-23(32)26(36)30-21-4-2-6-24(21)34/h7-8,10-13,15,21,23-24,29,34H,2-6,9,14H2,1H3,(H,30,36)/t21-,23+,24-/m1/s1. The van der Waals surface area contributed by atoms with Crippen LogP contribution in [0, 0.1) is 0 Å². The molecule has 3 aromatic rings. The summed E-state index contributed by atoms with van der Waals surface area (Å²) in [6.07, 6.45) is 9.63. The molecule has 0 spiro atoms. The van der Waals surface area contributed by atoms with E-state index in [4.69, 9.17) is 0 Å². The molecule has 0 radical (unpaired) electrons. The molecule has 2 aromatic heterocycles. The summed E-state index contributed by atoms with van der Waals surface area (Å²) in [4.78, 5) is 48.3. The predicted molar refractivity (Wildman–Crippen MR) is 134 cm³/mol. The molecule has 5 rings (SSSR count). The third kappa shape index (κ3) is 4.81. The summed E-state index contributed by atoms with van der Waals surface area (Å²) in [6.45, 7) is 2.04. The molecule has 2 amide bonds. The number of amides is 2. The molecule has 3 heterocycles. The number of aromatic nitrogens is 3. The molecule has 0 unspecified atom stereocenters. The molecule has 3 N–H and O–H groups in total. The molecule has 2 fully saturated rings. The predicted octanol–water partition coefficient (Wildman–Crippen LogP) is 2.40. The topological polar surface area (TPSA) is 129 Å². The van der Waals surface area contributed by atoms with E-state index in [-0.39, 0.29) is 30.2 Å². The smallest absolute Gasteiger partial charge is 0.243 e. The van der Waals surface area contributed by atoms with E-state index in [1.807, 2.05) is 18.2 Å². The first-order valence-corrected chi connectivity index (χ1v) is 12.3. The maximum atomic E-state index is 13.3. The lowest BCUT2D eigenvalue weighted by molar-refractivity contribution is -0.139. The Bertz CT molecular complexity index is 1290. The Morgan fingerprint density at radius 3 is 2.61 bits per heavy atom. The molecule has 1 aliphatic carbocycles. The second kappa shape index (κ2) is 10.1. The van der Waals surface area contributed by atoms with Gasteiger partial charge in [-0.2, -0.15) is 0 Å². The third-order valence-corrected chi connectivity index (χ3v) is 7.10. The summed E-state index contributed by atoms with van der Waals surface area (Å²) in [6, 6.07) is 4.84. The number of nitrogens with zero attached hydrogens (tertiary/aromatic N) is 4. The van der Waals surface area contributed by atoms with Gasteiger partial charge in [0.2, 0.25) is 11.8 Å². The zero-order chi connectivity index (χ0) is 25.2. The Morgan fingerprint density at radius 1 is 1.08 bits per heavy atom. The highest BCUT2D eigenvalue weighted by molar-refractivity contribution is 6.08. The van der Waals surface area contributed by atoms with Crippen molar-refractivity contribution >= 4 is 39.9 Å². The van der Waals surface area contributed by atoms with Gasteiger partial charge in [-0.15, -0.1) is 0 Å². The first kappa shape index (κ1) is 23.9. The van der Waals surface area contributed by atoms with Crippen molar-refractivity contribution in [3.8, 4) is 0 Å². The zero-order valence-corrected chi connectivity index (χ0v) is 20.2. The van der Waals surface area contributed by atoms with E-state index in [9.17, 15) is 19.5 Å². The normalized spacial score (nSPS) is 21.6. The second-order valence-electron chi connectivity index (χ2n) is 9.57. The van der Waals surface area contributed by atoms with Crippen molar-refractivity contribution in [3.63, 3.8) is 0 Å². The van der Waals surface area contributed by atoms with Gasteiger partial charge in [0.25, 0.3) is 0 Å². The number of fused-ring (bicyclic) bond motifs is 1. The Labute approximate surface area is 208 Å². The number of anilines is 2. The largest absolute Gasteiger partial charge is 0.391 e. The molecule has 188 valence electrons. The minimum Gasteiger partial charge on any atom is -0.391 e. The highest BCUT2D eigenvalue weighted by Crippen LogP contribution is 2.28. The number of rotatable bonds is 7. The van der Waals surface area contributed by atoms with E-state index in [0.29, 0.717) is 24.9 Å². The van der Waals surface area contributed by atoms with Gasteiger partial charge in [-0.25, -0.2) is 9.97 Å². The van der Waals surface area contributed by atoms with Gasteiger partial charge in [-0.1, -0.05) is 0 Å². The molecule has 0 bridgehead atoms. The van der Waals surface area contributed by atoms with Gasteiger partial charge < -0.3 is 25.2 Å². The van der Waals surface area contributed by atoms with Crippen LogP contribution in [0.5, 0.6) is 0 Å². The Morgan fingerprint density at radius 2 is 1.89 bits per heavy atom. The van der Waals surface area contributed by atoms with Crippen LogP contribution < -0.4 is 10.6 Å². The SMILES string of the molecule is CC(=O)c1cn(CC(=O)N2CCC[C@H]2C(=O)N[C@@H]2CCC[C@H]2O)c2ccc(Nc3cncnc3)cc12. The van der Waals surface area contributed by atoms with E-state index >= 15 is 0 Å². The molecular formula is C26H30N6O4. The lowest BCUT2D eigenvalue weighted by atomic mass is 10.1. The van der Waals surface area contributed by atoms with Crippen molar-refractivity contribution in [2.45, 2.75) is 63.8 Å². The number of hydrogen-bond acceptors (Lipinski definition) is 7.